The van der Waals surface area contributed by atoms with Crippen LogP contribution in [-0.2, 0) is 14.3 Å². The van der Waals surface area contributed by atoms with E-state index in [1.165, 1.54) is 0 Å². The second-order valence-corrected chi connectivity index (χ2v) is 7.38. The molecule has 0 saturated carbocycles. The molecule has 0 aliphatic carbocycles. The highest BCUT2D eigenvalue weighted by molar-refractivity contribution is 6.30. The fourth-order valence-corrected chi connectivity index (χ4v) is 3.95. The molecule has 2 amide bonds. The molecule has 2 atom stereocenters. The predicted molar refractivity (Wildman–Crippen MR) is 104 cm³/mol. The van der Waals surface area contributed by atoms with Crippen molar-refractivity contribution in [3.63, 3.8) is 0 Å². The van der Waals surface area contributed by atoms with Crippen LogP contribution < -0.4 is 4.90 Å². The number of morpholine rings is 1. The van der Waals surface area contributed by atoms with Crippen molar-refractivity contribution in [2.75, 3.05) is 31.1 Å². The third kappa shape index (κ3) is 3.84. The van der Waals surface area contributed by atoms with Crippen molar-refractivity contribution >= 4 is 29.1 Å². The van der Waals surface area contributed by atoms with E-state index in [1.54, 1.807) is 4.90 Å². The molecular weight excluding hydrogens is 364 g/mol. The molecule has 2 saturated heterocycles. The normalized spacial score (nSPS) is 22.9. The van der Waals surface area contributed by atoms with Crippen LogP contribution in [0.4, 0.5) is 5.69 Å². The van der Waals surface area contributed by atoms with Gasteiger partial charge in [-0.1, -0.05) is 41.9 Å². The van der Waals surface area contributed by atoms with Crippen molar-refractivity contribution in [2.24, 2.45) is 5.92 Å². The Morgan fingerprint density at radius 3 is 2.67 bits per heavy atom. The number of benzene rings is 2. The van der Waals surface area contributed by atoms with Gasteiger partial charge in [-0.05, 0) is 29.8 Å². The van der Waals surface area contributed by atoms with E-state index < -0.39 is 0 Å². The van der Waals surface area contributed by atoms with Gasteiger partial charge in [0.05, 0.1) is 19.1 Å². The molecule has 0 aromatic heterocycles. The van der Waals surface area contributed by atoms with Crippen LogP contribution in [0.1, 0.15) is 18.1 Å². The van der Waals surface area contributed by atoms with Gasteiger partial charge in [0, 0.05) is 30.2 Å². The monoisotopic (exact) mass is 384 g/mol. The summed E-state index contributed by atoms with van der Waals surface area (Å²) in [4.78, 5) is 29.0. The van der Waals surface area contributed by atoms with E-state index in [9.17, 15) is 9.59 Å². The molecule has 0 bridgehead atoms. The van der Waals surface area contributed by atoms with E-state index in [0.717, 1.165) is 11.3 Å². The van der Waals surface area contributed by atoms with Gasteiger partial charge in [-0.3, -0.25) is 9.59 Å². The SMILES string of the molecule is O=C(C1CC(=O)N(c2ccccc2)C1)N1CCOC(c2cccc(Cl)c2)C1. The number of hydrogen-bond donors (Lipinski definition) is 0. The highest BCUT2D eigenvalue weighted by atomic mass is 35.5. The summed E-state index contributed by atoms with van der Waals surface area (Å²) < 4.78 is 5.84. The number of anilines is 1. The largest absolute Gasteiger partial charge is 0.370 e. The van der Waals surface area contributed by atoms with Gasteiger partial charge in [0.2, 0.25) is 11.8 Å². The zero-order valence-electron chi connectivity index (χ0n) is 14.9. The Bertz CT molecular complexity index is 842. The lowest BCUT2D eigenvalue weighted by Crippen LogP contribution is -2.45. The van der Waals surface area contributed by atoms with E-state index in [-0.39, 0.29) is 30.3 Å². The van der Waals surface area contributed by atoms with Gasteiger partial charge in [0.15, 0.2) is 0 Å². The molecule has 6 heteroatoms. The number of rotatable bonds is 3. The lowest BCUT2D eigenvalue weighted by molar-refractivity contribution is -0.143. The summed E-state index contributed by atoms with van der Waals surface area (Å²) in [7, 11) is 0. The second-order valence-electron chi connectivity index (χ2n) is 6.94. The van der Waals surface area contributed by atoms with Gasteiger partial charge >= 0.3 is 0 Å². The van der Waals surface area contributed by atoms with Crippen molar-refractivity contribution in [3.05, 3.63) is 65.2 Å². The van der Waals surface area contributed by atoms with Gasteiger partial charge in [-0.15, -0.1) is 0 Å². The van der Waals surface area contributed by atoms with Crippen LogP contribution in [-0.4, -0.2) is 43.0 Å². The zero-order chi connectivity index (χ0) is 18.8. The molecule has 0 spiro atoms. The number of hydrogen-bond acceptors (Lipinski definition) is 3. The topological polar surface area (TPSA) is 49.9 Å². The third-order valence-electron chi connectivity index (χ3n) is 5.14. The minimum atomic E-state index is -0.309. The maximum atomic E-state index is 13.0. The van der Waals surface area contributed by atoms with Crippen LogP contribution in [0.2, 0.25) is 5.02 Å². The lowest BCUT2D eigenvalue weighted by Gasteiger charge is -2.34. The molecule has 140 valence electrons. The molecule has 2 unspecified atom stereocenters. The van der Waals surface area contributed by atoms with Crippen LogP contribution in [0.5, 0.6) is 0 Å². The van der Waals surface area contributed by atoms with Gasteiger partial charge in [0.1, 0.15) is 6.10 Å². The Hall–Kier alpha value is -2.37. The van der Waals surface area contributed by atoms with Crippen molar-refractivity contribution in [3.8, 4) is 0 Å². The molecule has 2 aromatic carbocycles. The molecule has 2 aliphatic rings. The number of para-hydroxylation sites is 1. The van der Waals surface area contributed by atoms with Crippen LogP contribution in [0.15, 0.2) is 54.6 Å². The Morgan fingerprint density at radius 1 is 1.07 bits per heavy atom. The van der Waals surface area contributed by atoms with E-state index >= 15 is 0 Å². The molecule has 2 heterocycles. The van der Waals surface area contributed by atoms with Gasteiger partial charge in [-0.2, -0.15) is 0 Å². The summed E-state index contributed by atoms with van der Waals surface area (Å²) in [5, 5.41) is 0.652. The van der Waals surface area contributed by atoms with E-state index in [0.29, 0.717) is 31.3 Å². The van der Waals surface area contributed by atoms with E-state index in [2.05, 4.69) is 0 Å². The average molecular weight is 385 g/mol. The zero-order valence-corrected chi connectivity index (χ0v) is 15.6. The summed E-state index contributed by atoms with van der Waals surface area (Å²) in [5.74, 6) is -0.285. The van der Waals surface area contributed by atoms with Crippen molar-refractivity contribution in [2.45, 2.75) is 12.5 Å². The van der Waals surface area contributed by atoms with Gasteiger partial charge in [-0.25, -0.2) is 0 Å². The number of ether oxygens (including phenoxy) is 1. The molecule has 4 rings (SSSR count). The number of amides is 2. The minimum absolute atomic E-state index is 0.000740. The predicted octanol–water partition coefficient (Wildman–Crippen LogP) is 3.29. The number of halogens is 1. The fraction of sp³-hybridized carbons (Fsp3) is 0.333. The number of nitrogens with zero attached hydrogens (tertiary/aromatic N) is 2. The quantitative estimate of drug-likeness (QED) is 0.815. The van der Waals surface area contributed by atoms with E-state index in [4.69, 9.17) is 16.3 Å². The first-order chi connectivity index (χ1) is 13.1. The minimum Gasteiger partial charge on any atom is -0.370 e. The van der Waals surface area contributed by atoms with Crippen LogP contribution in [0.25, 0.3) is 0 Å². The highest BCUT2D eigenvalue weighted by Gasteiger charge is 2.38. The maximum absolute atomic E-state index is 13.0. The Kier molecular flexibility index (Phi) is 5.14. The first kappa shape index (κ1) is 18.0. The molecule has 0 N–H and O–H groups in total. The van der Waals surface area contributed by atoms with Crippen molar-refractivity contribution in [1.82, 2.24) is 4.90 Å². The number of carbonyl (C=O) groups excluding carboxylic acids is 2. The summed E-state index contributed by atoms with van der Waals surface area (Å²) in [5.41, 5.74) is 1.81. The standard InChI is InChI=1S/C21H21ClN2O3/c22-17-6-4-5-15(11-17)19-14-23(9-10-27-19)21(26)16-12-20(25)24(13-16)18-7-2-1-3-8-18/h1-8,11,16,19H,9-10,12-14H2. The summed E-state index contributed by atoms with van der Waals surface area (Å²) in [6.07, 6.45) is 0.0659. The summed E-state index contributed by atoms with van der Waals surface area (Å²) in [6.45, 7) is 1.94. The lowest BCUT2D eigenvalue weighted by atomic mass is 10.0. The van der Waals surface area contributed by atoms with Crippen LogP contribution in [0, 0.1) is 5.92 Å². The Balaban J connectivity index is 1.44. The first-order valence-electron chi connectivity index (χ1n) is 9.13. The van der Waals surface area contributed by atoms with Crippen LogP contribution >= 0.6 is 11.6 Å². The molecule has 0 radical (unpaired) electrons. The third-order valence-corrected chi connectivity index (χ3v) is 5.38. The van der Waals surface area contributed by atoms with E-state index in [1.807, 2.05) is 59.5 Å². The average Bonchev–Trinajstić information content (AvgIpc) is 3.10. The Morgan fingerprint density at radius 2 is 1.89 bits per heavy atom. The smallest absolute Gasteiger partial charge is 0.228 e. The molecular formula is C21H21ClN2O3. The first-order valence-corrected chi connectivity index (χ1v) is 9.51. The van der Waals surface area contributed by atoms with Gasteiger partial charge < -0.3 is 14.5 Å². The number of carbonyl (C=O) groups is 2. The highest BCUT2D eigenvalue weighted by Crippen LogP contribution is 2.29. The Labute approximate surface area is 163 Å². The molecule has 27 heavy (non-hydrogen) atoms. The molecule has 2 aromatic rings. The molecule has 2 aliphatic heterocycles. The molecule has 5 nitrogen and oxygen atoms in total. The summed E-state index contributed by atoms with van der Waals surface area (Å²) in [6, 6.07) is 17.0. The second kappa shape index (κ2) is 7.71. The van der Waals surface area contributed by atoms with Crippen molar-refractivity contribution in [1.29, 1.82) is 0 Å². The van der Waals surface area contributed by atoms with Crippen molar-refractivity contribution < 1.29 is 14.3 Å². The molecule has 2 fully saturated rings. The van der Waals surface area contributed by atoms with Crippen LogP contribution in [0.3, 0.4) is 0 Å². The summed E-state index contributed by atoms with van der Waals surface area (Å²) >= 11 is 6.08. The van der Waals surface area contributed by atoms with Gasteiger partial charge in [0.25, 0.3) is 0 Å². The maximum Gasteiger partial charge on any atom is 0.228 e. The fourth-order valence-electron chi connectivity index (χ4n) is 3.75.